The van der Waals surface area contributed by atoms with Gasteiger partial charge < -0.3 is 14.5 Å². The number of hydrogen-bond acceptors (Lipinski definition) is 4. The molecule has 1 aromatic carbocycles. The highest BCUT2D eigenvalue weighted by Crippen LogP contribution is 2.33. The van der Waals surface area contributed by atoms with Crippen LogP contribution in [0.15, 0.2) is 28.9 Å². The lowest BCUT2D eigenvalue weighted by Gasteiger charge is -2.10. The molecule has 0 spiro atoms. The number of nitrogens with one attached hydrogen (secondary N) is 1. The van der Waals surface area contributed by atoms with Crippen molar-refractivity contribution in [1.29, 1.82) is 0 Å². The molecule has 0 saturated heterocycles. The average Bonchev–Trinajstić information content (AvgIpc) is 2.89. The number of aromatic nitrogens is 1. The van der Waals surface area contributed by atoms with Crippen molar-refractivity contribution in [3.8, 4) is 6.08 Å². The van der Waals surface area contributed by atoms with E-state index in [1.54, 1.807) is 6.92 Å². The fourth-order valence-electron chi connectivity index (χ4n) is 1.57. The Labute approximate surface area is 121 Å². The molecule has 2 aromatic rings. The highest BCUT2D eigenvalue weighted by Gasteiger charge is 2.34. The predicted octanol–water partition coefficient (Wildman–Crippen LogP) is 3.48. The molecule has 0 aliphatic rings. The quantitative estimate of drug-likeness (QED) is 0.877. The Bertz CT molecular complexity index is 682. The summed E-state index contributed by atoms with van der Waals surface area (Å²) >= 11 is 0. The van der Waals surface area contributed by atoms with Gasteiger partial charge in [0.1, 0.15) is 12.1 Å². The van der Waals surface area contributed by atoms with Crippen molar-refractivity contribution in [3.63, 3.8) is 0 Å². The number of hydrogen-bond donors (Lipinski definition) is 1. The SMILES string of the molecule is CCOc1nc(C(=O)Nc2ccc(F)c(C(F)(F)F)c2)co1. The van der Waals surface area contributed by atoms with Gasteiger partial charge in [0.25, 0.3) is 5.91 Å². The van der Waals surface area contributed by atoms with Crippen molar-refractivity contribution in [2.45, 2.75) is 13.1 Å². The van der Waals surface area contributed by atoms with E-state index in [1.807, 2.05) is 0 Å². The van der Waals surface area contributed by atoms with Crippen molar-refractivity contribution in [1.82, 2.24) is 4.98 Å². The number of halogens is 4. The smallest absolute Gasteiger partial charge is 0.419 e. The monoisotopic (exact) mass is 318 g/mol. The second-order valence-electron chi connectivity index (χ2n) is 4.08. The Balaban J connectivity index is 2.17. The Morgan fingerprint density at radius 2 is 2.14 bits per heavy atom. The normalized spacial score (nSPS) is 11.3. The topological polar surface area (TPSA) is 64.4 Å². The zero-order valence-electron chi connectivity index (χ0n) is 11.2. The van der Waals surface area contributed by atoms with E-state index < -0.39 is 23.5 Å². The van der Waals surface area contributed by atoms with Crippen LogP contribution in [0.2, 0.25) is 0 Å². The van der Waals surface area contributed by atoms with Crippen LogP contribution >= 0.6 is 0 Å². The third kappa shape index (κ3) is 3.54. The number of amides is 1. The zero-order valence-corrected chi connectivity index (χ0v) is 11.2. The summed E-state index contributed by atoms with van der Waals surface area (Å²) in [5.74, 6) is -2.24. The van der Waals surface area contributed by atoms with Gasteiger partial charge in [-0.3, -0.25) is 4.79 Å². The van der Waals surface area contributed by atoms with E-state index in [-0.39, 0.29) is 24.1 Å². The molecule has 0 saturated carbocycles. The molecule has 0 atom stereocenters. The third-order valence-electron chi connectivity index (χ3n) is 2.51. The van der Waals surface area contributed by atoms with Crippen molar-refractivity contribution in [2.75, 3.05) is 11.9 Å². The first-order valence-corrected chi connectivity index (χ1v) is 6.07. The van der Waals surface area contributed by atoms with E-state index >= 15 is 0 Å². The van der Waals surface area contributed by atoms with E-state index in [0.717, 1.165) is 12.3 Å². The molecule has 0 fully saturated rings. The van der Waals surface area contributed by atoms with Gasteiger partial charge >= 0.3 is 12.3 Å². The van der Waals surface area contributed by atoms with Crippen LogP contribution in [-0.4, -0.2) is 17.5 Å². The minimum atomic E-state index is -4.86. The van der Waals surface area contributed by atoms with Gasteiger partial charge in [0.2, 0.25) is 0 Å². The van der Waals surface area contributed by atoms with Gasteiger partial charge in [-0.15, -0.1) is 0 Å². The number of oxazole rings is 1. The lowest BCUT2D eigenvalue weighted by molar-refractivity contribution is -0.139. The molecular formula is C13H10F4N2O3. The summed E-state index contributed by atoms with van der Waals surface area (Å²) in [5, 5.41) is 2.17. The molecule has 0 unspecified atom stereocenters. The molecular weight excluding hydrogens is 308 g/mol. The molecule has 1 N–H and O–H groups in total. The summed E-state index contributed by atoms with van der Waals surface area (Å²) in [6.07, 6.45) is -4.00. The van der Waals surface area contributed by atoms with Crippen LogP contribution in [0.25, 0.3) is 0 Å². The predicted molar refractivity (Wildman–Crippen MR) is 67.0 cm³/mol. The summed E-state index contributed by atoms with van der Waals surface area (Å²) in [5.41, 5.74) is -1.87. The van der Waals surface area contributed by atoms with Gasteiger partial charge in [0.15, 0.2) is 5.69 Å². The van der Waals surface area contributed by atoms with Gasteiger partial charge in [-0.1, -0.05) is 0 Å². The fourth-order valence-corrected chi connectivity index (χ4v) is 1.57. The number of nitrogens with zero attached hydrogens (tertiary/aromatic N) is 1. The highest BCUT2D eigenvalue weighted by atomic mass is 19.4. The van der Waals surface area contributed by atoms with Crippen LogP contribution in [0, 0.1) is 5.82 Å². The number of benzene rings is 1. The largest absolute Gasteiger partial charge is 0.450 e. The number of carbonyl (C=O) groups excluding carboxylic acids is 1. The van der Waals surface area contributed by atoms with Gasteiger partial charge in [0, 0.05) is 5.69 Å². The highest BCUT2D eigenvalue weighted by molar-refractivity contribution is 6.02. The van der Waals surface area contributed by atoms with E-state index in [2.05, 4.69) is 10.3 Å². The maximum absolute atomic E-state index is 13.1. The molecule has 0 aliphatic carbocycles. The number of carbonyl (C=O) groups is 1. The zero-order chi connectivity index (χ0) is 16.3. The third-order valence-corrected chi connectivity index (χ3v) is 2.51. The van der Waals surface area contributed by atoms with Crippen LogP contribution in [-0.2, 0) is 6.18 Å². The van der Waals surface area contributed by atoms with Crippen LogP contribution in [0.4, 0.5) is 23.2 Å². The number of ether oxygens (including phenoxy) is 1. The van der Waals surface area contributed by atoms with Crippen LogP contribution in [0.5, 0.6) is 6.08 Å². The molecule has 0 bridgehead atoms. The van der Waals surface area contributed by atoms with E-state index in [9.17, 15) is 22.4 Å². The molecule has 0 radical (unpaired) electrons. The molecule has 1 aromatic heterocycles. The molecule has 1 amide bonds. The number of alkyl halides is 3. The minimum Gasteiger partial charge on any atom is -0.450 e. The lowest BCUT2D eigenvalue weighted by Crippen LogP contribution is -2.14. The minimum absolute atomic E-state index is 0.136. The van der Waals surface area contributed by atoms with Gasteiger partial charge in [0.05, 0.1) is 12.2 Å². The van der Waals surface area contributed by atoms with Crippen molar-refractivity contribution in [3.05, 3.63) is 41.5 Å². The van der Waals surface area contributed by atoms with Crippen LogP contribution < -0.4 is 10.1 Å². The molecule has 22 heavy (non-hydrogen) atoms. The first-order chi connectivity index (χ1) is 10.3. The molecule has 0 aliphatic heterocycles. The summed E-state index contributed by atoms with van der Waals surface area (Å²) in [6, 6.07) is 2.12. The molecule has 9 heteroatoms. The van der Waals surface area contributed by atoms with E-state index in [4.69, 9.17) is 9.15 Å². The Kier molecular flexibility index (Phi) is 4.34. The number of rotatable bonds is 4. The van der Waals surface area contributed by atoms with Crippen LogP contribution in [0.3, 0.4) is 0 Å². The van der Waals surface area contributed by atoms with Gasteiger partial charge in [-0.2, -0.15) is 18.2 Å². The Hall–Kier alpha value is -2.58. The second-order valence-corrected chi connectivity index (χ2v) is 4.08. The van der Waals surface area contributed by atoms with E-state index in [0.29, 0.717) is 12.1 Å². The lowest BCUT2D eigenvalue weighted by atomic mass is 10.2. The van der Waals surface area contributed by atoms with Crippen LogP contribution in [0.1, 0.15) is 23.0 Å². The maximum atomic E-state index is 13.1. The number of anilines is 1. The maximum Gasteiger partial charge on any atom is 0.419 e. The first kappa shape index (κ1) is 15.8. The summed E-state index contributed by atoms with van der Waals surface area (Å²) in [4.78, 5) is 15.5. The van der Waals surface area contributed by atoms with Gasteiger partial charge in [-0.25, -0.2) is 4.39 Å². The average molecular weight is 318 g/mol. The standard InChI is InChI=1S/C13H10F4N2O3/c1-2-21-12-19-10(6-22-12)11(20)18-7-3-4-9(14)8(5-7)13(15,16)17/h3-6H,2H2,1H3,(H,18,20). The molecule has 1 heterocycles. The van der Waals surface area contributed by atoms with Gasteiger partial charge in [-0.05, 0) is 25.1 Å². The Morgan fingerprint density at radius 3 is 2.77 bits per heavy atom. The van der Waals surface area contributed by atoms with Crippen molar-refractivity contribution >= 4 is 11.6 Å². The summed E-state index contributed by atoms with van der Waals surface area (Å²) < 4.78 is 60.6. The summed E-state index contributed by atoms with van der Waals surface area (Å²) in [7, 11) is 0. The molecule has 5 nitrogen and oxygen atoms in total. The van der Waals surface area contributed by atoms with E-state index in [1.165, 1.54) is 0 Å². The molecule has 2 rings (SSSR count). The summed E-state index contributed by atoms with van der Waals surface area (Å²) in [6.45, 7) is 1.95. The Morgan fingerprint density at radius 1 is 1.41 bits per heavy atom. The molecule has 118 valence electrons. The van der Waals surface area contributed by atoms with Crippen molar-refractivity contribution < 1.29 is 31.5 Å². The second kappa shape index (κ2) is 6.04. The first-order valence-electron chi connectivity index (χ1n) is 6.07. The van der Waals surface area contributed by atoms with Crippen molar-refractivity contribution in [2.24, 2.45) is 0 Å². The fraction of sp³-hybridized carbons (Fsp3) is 0.231.